The van der Waals surface area contributed by atoms with Gasteiger partial charge in [0.1, 0.15) is 22.7 Å². The van der Waals surface area contributed by atoms with Crippen LogP contribution in [0.4, 0.5) is 5.82 Å². The Morgan fingerprint density at radius 2 is 2.13 bits per heavy atom. The van der Waals surface area contributed by atoms with Gasteiger partial charge in [0.15, 0.2) is 11.5 Å². The molecule has 2 fully saturated rings. The van der Waals surface area contributed by atoms with Gasteiger partial charge in [-0.2, -0.15) is 10.2 Å². The number of pyridine rings is 1. The summed E-state index contributed by atoms with van der Waals surface area (Å²) in [4.78, 5) is 9.51. The predicted molar refractivity (Wildman–Crippen MR) is 114 cm³/mol. The third kappa shape index (κ3) is 2.97. The molecule has 1 aliphatic heterocycles. The molecule has 154 valence electrons. The van der Waals surface area contributed by atoms with Crippen LogP contribution in [0.15, 0.2) is 24.5 Å². The summed E-state index contributed by atoms with van der Waals surface area (Å²) in [6.45, 7) is 2.01. The van der Waals surface area contributed by atoms with Crippen LogP contribution < -0.4 is 15.4 Å². The summed E-state index contributed by atoms with van der Waals surface area (Å²) in [7, 11) is 1.69. The van der Waals surface area contributed by atoms with Gasteiger partial charge in [0.05, 0.1) is 25.2 Å². The maximum absolute atomic E-state index is 5.56. The molecular weight excluding hydrogens is 380 g/mol. The number of imidazole rings is 1. The molecule has 1 aliphatic carbocycles. The number of hydrogen-bond donors (Lipinski definition) is 3. The number of rotatable bonds is 5. The van der Waals surface area contributed by atoms with Crippen molar-refractivity contribution in [2.24, 2.45) is 0 Å². The first-order valence-electron chi connectivity index (χ1n) is 10.5. The lowest BCUT2D eigenvalue weighted by Gasteiger charge is -2.24. The normalized spacial score (nSPS) is 19.4. The summed E-state index contributed by atoms with van der Waals surface area (Å²) in [5.41, 5.74) is 4.36. The predicted octanol–water partition coefficient (Wildman–Crippen LogP) is 2.72. The second kappa shape index (κ2) is 6.94. The van der Waals surface area contributed by atoms with Gasteiger partial charge in [-0.15, -0.1) is 0 Å². The fourth-order valence-electron chi connectivity index (χ4n) is 4.24. The number of aromatic amines is 1. The van der Waals surface area contributed by atoms with Gasteiger partial charge in [-0.05, 0) is 38.3 Å². The van der Waals surface area contributed by atoms with E-state index in [0.717, 1.165) is 84.0 Å². The number of methoxy groups -OCH3 is 1. The van der Waals surface area contributed by atoms with E-state index >= 15 is 0 Å². The van der Waals surface area contributed by atoms with Crippen molar-refractivity contribution in [2.45, 2.75) is 37.6 Å². The number of hydrogen-bond acceptors (Lipinski definition) is 7. The molecule has 5 heterocycles. The van der Waals surface area contributed by atoms with Gasteiger partial charge in [0.2, 0.25) is 0 Å². The van der Waals surface area contributed by atoms with E-state index in [9.17, 15) is 0 Å². The second-order valence-electron chi connectivity index (χ2n) is 8.16. The molecule has 0 aromatic carbocycles. The summed E-state index contributed by atoms with van der Waals surface area (Å²) >= 11 is 0. The molecular formula is C21H24N8O. The molecule has 9 heteroatoms. The molecule has 3 N–H and O–H groups in total. The Bertz CT molecular complexity index is 1220. The molecule has 2 aliphatic rings. The molecule has 4 aromatic rings. The molecule has 0 bridgehead atoms. The SMILES string of the molecule is COc1cc2ncc(-c3cc4cn[nH]c4c(NC4CCCNC4)n3)n2nc1C1CC1. The largest absolute Gasteiger partial charge is 0.495 e. The highest BCUT2D eigenvalue weighted by Gasteiger charge is 2.30. The molecule has 0 radical (unpaired) electrons. The first-order valence-corrected chi connectivity index (χ1v) is 10.5. The zero-order chi connectivity index (χ0) is 20.1. The van der Waals surface area contributed by atoms with E-state index in [1.54, 1.807) is 7.11 Å². The molecule has 30 heavy (non-hydrogen) atoms. The van der Waals surface area contributed by atoms with Gasteiger partial charge in [-0.1, -0.05) is 0 Å². The van der Waals surface area contributed by atoms with E-state index in [1.807, 2.05) is 29.0 Å². The third-order valence-corrected chi connectivity index (χ3v) is 6.00. The highest BCUT2D eigenvalue weighted by Crippen LogP contribution is 2.43. The van der Waals surface area contributed by atoms with Crippen molar-refractivity contribution in [3.63, 3.8) is 0 Å². The molecule has 9 nitrogen and oxygen atoms in total. The lowest BCUT2D eigenvalue weighted by molar-refractivity contribution is 0.405. The highest BCUT2D eigenvalue weighted by atomic mass is 16.5. The maximum atomic E-state index is 5.56. The number of ether oxygens (including phenoxy) is 1. The minimum Gasteiger partial charge on any atom is -0.495 e. The van der Waals surface area contributed by atoms with E-state index in [4.69, 9.17) is 14.8 Å². The second-order valence-corrected chi connectivity index (χ2v) is 8.16. The molecule has 1 atom stereocenters. The Balaban J connectivity index is 1.46. The molecule has 6 rings (SSSR count). The van der Waals surface area contributed by atoms with Gasteiger partial charge in [0.25, 0.3) is 0 Å². The van der Waals surface area contributed by atoms with Gasteiger partial charge in [-0.25, -0.2) is 14.5 Å². The van der Waals surface area contributed by atoms with Crippen LogP contribution in [0.1, 0.15) is 37.3 Å². The lowest BCUT2D eigenvalue weighted by atomic mass is 10.1. The molecule has 0 spiro atoms. The fourth-order valence-corrected chi connectivity index (χ4v) is 4.24. The monoisotopic (exact) mass is 404 g/mol. The number of H-pyrrole nitrogens is 1. The average molecular weight is 404 g/mol. The summed E-state index contributed by atoms with van der Waals surface area (Å²) in [6.07, 6.45) is 8.25. The van der Waals surface area contributed by atoms with Crippen LogP contribution in [0.2, 0.25) is 0 Å². The number of nitrogens with one attached hydrogen (secondary N) is 3. The smallest absolute Gasteiger partial charge is 0.157 e. The fraction of sp³-hybridized carbons (Fsp3) is 0.429. The van der Waals surface area contributed by atoms with E-state index < -0.39 is 0 Å². The van der Waals surface area contributed by atoms with Crippen molar-refractivity contribution in [1.29, 1.82) is 0 Å². The van der Waals surface area contributed by atoms with Crippen LogP contribution >= 0.6 is 0 Å². The molecule has 1 saturated carbocycles. The van der Waals surface area contributed by atoms with Crippen LogP contribution in [0.3, 0.4) is 0 Å². The average Bonchev–Trinajstić information content (AvgIpc) is 3.36. The number of piperidine rings is 1. The molecule has 4 aromatic heterocycles. The van der Waals surface area contributed by atoms with E-state index in [-0.39, 0.29) is 0 Å². The summed E-state index contributed by atoms with van der Waals surface area (Å²) in [5, 5.41) is 20.3. The summed E-state index contributed by atoms with van der Waals surface area (Å²) < 4.78 is 7.45. The Morgan fingerprint density at radius 3 is 2.93 bits per heavy atom. The minimum absolute atomic E-state index is 0.346. The van der Waals surface area contributed by atoms with Gasteiger partial charge >= 0.3 is 0 Å². The minimum atomic E-state index is 0.346. The summed E-state index contributed by atoms with van der Waals surface area (Å²) in [5.74, 6) is 2.10. The molecule has 1 saturated heterocycles. The number of fused-ring (bicyclic) bond motifs is 2. The zero-order valence-electron chi connectivity index (χ0n) is 16.9. The Hall–Kier alpha value is -3.20. The Labute approximate surface area is 173 Å². The van der Waals surface area contributed by atoms with Gasteiger partial charge in [0, 0.05) is 30.0 Å². The highest BCUT2D eigenvalue weighted by molar-refractivity contribution is 5.91. The van der Waals surface area contributed by atoms with Gasteiger partial charge in [-0.3, -0.25) is 5.10 Å². The van der Waals surface area contributed by atoms with E-state index in [1.165, 1.54) is 0 Å². The first kappa shape index (κ1) is 17.6. The lowest BCUT2D eigenvalue weighted by Crippen LogP contribution is -2.38. The van der Waals surface area contributed by atoms with Crippen LogP contribution in [0, 0.1) is 0 Å². The summed E-state index contributed by atoms with van der Waals surface area (Å²) in [6, 6.07) is 4.35. The molecule has 1 unspecified atom stereocenters. The number of nitrogens with zero attached hydrogens (tertiary/aromatic N) is 5. The van der Waals surface area contributed by atoms with Crippen molar-refractivity contribution in [1.82, 2.24) is 35.1 Å². The quantitative estimate of drug-likeness (QED) is 0.470. The topological polar surface area (TPSA) is 105 Å². The van der Waals surface area contributed by atoms with Crippen molar-refractivity contribution < 1.29 is 4.74 Å². The van der Waals surface area contributed by atoms with Crippen LogP contribution in [-0.4, -0.2) is 56.0 Å². The first-order chi connectivity index (χ1) is 14.8. The third-order valence-electron chi connectivity index (χ3n) is 6.00. The van der Waals surface area contributed by atoms with Crippen LogP contribution in [-0.2, 0) is 0 Å². The van der Waals surface area contributed by atoms with Crippen molar-refractivity contribution in [2.75, 3.05) is 25.5 Å². The maximum Gasteiger partial charge on any atom is 0.157 e. The van der Waals surface area contributed by atoms with E-state index in [0.29, 0.717) is 12.0 Å². The zero-order valence-corrected chi connectivity index (χ0v) is 16.9. The Morgan fingerprint density at radius 1 is 1.20 bits per heavy atom. The molecule has 0 amide bonds. The Kier molecular flexibility index (Phi) is 4.08. The van der Waals surface area contributed by atoms with Crippen molar-refractivity contribution in [3.05, 3.63) is 30.2 Å². The van der Waals surface area contributed by atoms with Gasteiger partial charge < -0.3 is 15.4 Å². The number of aromatic nitrogens is 6. The standard InChI is InChI=1S/C21H24N8O/c1-30-17-8-18-23-11-16(29(18)28-19(17)12-4-5-12)15-7-13-9-24-27-20(13)21(26-15)25-14-3-2-6-22-10-14/h7-9,11-12,14,22H,2-6,10H2,1H3,(H,24,27)(H,25,26). The van der Waals surface area contributed by atoms with E-state index in [2.05, 4.69) is 25.8 Å². The van der Waals surface area contributed by atoms with Crippen LogP contribution in [0.25, 0.3) is 27.9 Å². The van der Waals surface area contributed by atoms with Crippen LogP contribution in [0.5, 0.6) is 5.75 Å². The van der Waals surface area contributed by atoms with Crippen molar-refractivity contribution in [3.8, 4) is 17.1 Å². The van der Waals surface area contributed by atoms with Crippen molar-refractivity contribution >= 4 is 22.4 Å². The number of anilines is 1.